The number of fused-ring (bicyclic) bond motifs is 7. The first-order valence-electron chi connectivity index (χ1n) is 15.8. The first-order chi connectivity index (χ1) is 23.2. The normalized spacial score (nSPS) is 16.6. The van der Waals surface area contributed by atoms with E-state index in [9.17, 15) is 14.3 Å². The molecule has 8 bridgehead atoms. The monoisotopic (exact) mass is 702 g/mol. The Morgan fingerprint density at radius 3 is 2.77 bits per heavy atom. The minimum atomic E-state index is -1.00. The number of hydrogen-bond acceptors (Lipinski definition) is 7. The molecule has 0 aliphatic carbocycles. The molecule has 0 radical (unpaired) electrons. The molecule has 3 aromatic carbocycles. The Morgan fingerprint density at radius 1 is 1.10 bits per heavy atom. The molecule has 2 aliphatic heterocycles. The number of thiazole rings is 1. The molecule has 3 aromatic heterocycles. The third-order valence-corrected chi connectivity index (χ3v) is 12.0. The van der Waals surface area contributed by atoms with Gasteiger partial charge in [-0.2, -0.15) is 5.10 Å². The van der Waals surface area contributed by atoms with Crippen LogP contribution in [0.4, 0.5) is 4.39 Å². The van der Waals surface area contributed by atoms with Crippen molar-refractivity contribution in [3.05, 3.63) is 91.5 Å². The zero-order valence-corrected chi connectivity index (χ0v) is 29.0. The number of aromatic nitrogens is 4. The predicted molar refractivity (Wildman–Crippen MR) is 187 cm³/mol. The van der Waals surface area contributed by atoms with E-state index < -0.39 is 5.97 Å². The van der Waals surface area contributed by atoms with Gasteiger partial charge in [-0.25, -0.2) is 14.2 Å². The Bertz CT molecular complexity index is 2280. The van der Waals surface area contributed by atoms with Crippen LogP contribution in [0, 0.1) is 19.7 Å². The molecule has 0 fully saturated rings. The SMILES string of the molecule is Cc1nc2sc1CSc1cc(c3ccc(F)cc3c1)OCCCc1c(C(=O)O)n(C)c3c(c(Cl)ccc13)-c1c(C)nn3c1[C@@H](CC3)OC2. The number of aromatic carboxylic acids is 1. The van der Waals surface area contributed by atoms with Crippen molar-refractivity contribution < 1.29 is 23.8 Å². The second-order valence-corrected chi connectivity index (χ2v) is 14.9. The second kappa shape index (κ2) is 12.2. The standard InChI is InChI=1S/C36H32ClFN4O4S2/c1-18-29-17-47-22-14-20-13-21(38)6-7-23(20)28(15-22)45-12-4-5-24-25-8-9-26(37)32(33(25)41(3)34(24)36(43)44)31-19(2)40-42-11-10-27(35(31)42)46-16-30(39-18)48-29/h6-9,13-15,27H,4-5,10-12,16-17H2,1-3H3,(H,43,44)/t27-/m1/s1. The molecular weight excluding hydrogens is 671 g/mol. The Morgan fingerprint density at radius 2 is 1.94 bits per heavy atom. The zero-order valence-electron chi connectivity index (χ0n) is 26.6. The van der Waals surface area contributed by atoms with Gasteiger partial charge in [0.15, 0.2) is 0 Å². The second-order valence-electron chi connectivity index (χ2n) is 12.3. The summed E-state index contributed by atoms with van der Waals surface area (Å²) in [6.07, 6.45) is 1.58. The Balaban J connectivity index is 1.27. The van der Waals surface area contributed by atoms with E-state index in [1.807, 2.05) is 42.8 Å². The quantitative estimate of drug-likeness (QED) is 0.183. The lowest BCUT2D eigenvalue weighted by Crippen LogP contribution is -2.09. The zero-order chi connectivity index (χ0) is 33.3. The van der Waals surface area contributed by atoms with Gasteiger partial charge in [-0.15, -0.1) is 23.1 Å². The van der Waals surface area contributed by atoms with Gasteiger partial charge in [-0.1, -0.05) is 17.7 Å². The Hall–Kier alpha value is -3.90. The number of carboxylic acids is 1. The van der Waals surface area contributed by atoms with Gasteiger partial charge in [0.2, 0.25) is 0 Å². The molecule has 6 aromatic rings. The summed E-state index contributed by atoms with van der Waals surface area (Å²) in [5.41, 5.74) is 6.10. The molecule has 2 aliphatic rings. The highest BCUT2D eigenvalue weighted by Gasteiger charge is 2.34. The minimum absolute atomic E-state index is 0.221. The van der Waals surface area contributed by atoms with E-state index in [1.54, 1.807) is 40.8 Å². The molecule has 12 heteroatoms. The van der Waals surface area contributed by atoms with Crippen molar-refractivity contribution in [2.45, 2.75) is 63.0 Å². The summed E-state index contributed by atoms with van der Waals surface area (Å²) in [6.45, 7) is 5.40. The highest BCUT2D eigenvalue weighted by atomic mass is 35.5. The molecule has 0 unspecified atom stereocenters. The van der Waals surface area contributed by atoms with Crippen LogP contribution < -0.4 is 4.74 Å². The maximum absolute atomic E-state index is 14.3. The maximum Gasteiger partial charge on any atom is 0.352 e. The maximum atomic E-state index is 14.3. The largest absolute Gasteiger partial charge is 0.493 e. The molecule has 1 N–H and O–H groups in total. The van der Waals surface area contributed by atoms with E-state index >= 15 is 0 Å². The lowest BCUT2D eigenvalue weighted by atomic mass is 9.96. The summed E-state index contributed by atoms with van der Waals surface area (Å²) < 4.78 is 31.0. The van der Waals surface area contributed by atoms with Gasteiger partial charge in [0.25, 0.3) is 0 Å². The van der Waals surface area contributed by atoms with E-state index in [4.69, 9.17) is 31.2 Å². The van der Waals surface area contributed by atoms with Crippen LogP contribution in [-0.4, -0.2) is 37.0 Å². The molecule has 0 saturated carbocycles. The number of carboxylic acid groups (broad SMARTS) is 1. The van der Waals surface area contributed by atoms with Crippen molar-refractivity contribution in [2.75, 3.05) is 6.61 Å². The predicted octanol–water partition coefficient (Wildman–Crippen LogP) is 9.04. The lowest BCUT2D eigenvalue weighted by Gasteiger charge is -2.15. The van der Waals surface area contributed by atoms with Gasteiger partial charge in [0, 0.05) is 51.0 Å². The van der Waals surface area contributed by atoms with E-state index in [0.717, 1.165) is 76.6 Å². The topological polar surface area (TPSA) is 91.4 Å². The summed E-state index contributed by atoms with van der Waals surface area (Å²) in [6, 6.07) is 12.5. The third kappa shape index (κ3) is 5.28. The summed E-state index contributed by atoms with van der Waals surface area (Å²) in [5.74, 6) is 0.0665. The summed E-state index contributed by atoms with van der Waals surface area (Å²) in [7, 11) is 1.79. The van der Waals surface area contributed by atoms with Crippen molar-refractivity contribution in [2.24, 2.45) is 7.05 Å². The van der Waals surface area contributed by atoms with Crippen molar-refractivity contribution in [3.63, 3.8) is 0 Å². The molecule has 8 rings (SSSR count). The van der Waals surface area contributed by atoms with Crippen LogP contribution in [0.3, 0.4) is 0 Å². The number of hydrogen-bond donors (Lipinski definition) is 1. The molecule has 0 saturated heterocycles. The molecule has 48 heavy (non-hydrogen) atoms. The molecule has 5 heterocycles. The van der Waals surface area contributed by atoms with Crippen LogP contribution >= 0.6 is 34.7 Å². The fourth-order valence-corrected chi connectivity index (χ4v) is 9.58. The van der Waals surface area contributed by atoms with Gasteiger partial charge in [-0.3, -0.25) is 4.68 Å². The average Bonchev–Trinajstić information content (AvgIpc) is 3.77. The minimum Gasteiger partial charge on any atom is -0.493 e. The molecule has 246 valence electrons. The van der Waals surface area contributed by atoms with Crippen molar-refractivity contribution in [3.8, 4) is 16.9 Å². The summed E-state index contributed by atoms with van der Waals surface area (Å²) >= 11 is 10.3. The van der Waals surface area contributed by atoms with Crippen LogP contribution in [0.1, 0.15) is 62.0 Å². The van der Waals surface area contributed by atoms with Crippen molar-refractivity contribution in [1.29, 1.82) is 0 Å². The van der Waals surface area contributed by atoms with Crippen molar-refractivity contribution in [1.82, 2.24) is 19.3 Å². The van der Waals surface area contributed by atoms with Crippen LogP contribution in [0.25, 0.3) is 32.8 Å². The highest BCUT2D eigenvalue weighted by Crippen LogP contribution is 2.46. The molecule has 1 atom stereocenters. The number of benzene rings is 3. The van der Waals surface area contributed by atoms with Gasteiger partial charge >= 0.3 is 5.97 Å². The van der Waals surface area contributed by atoms with E-state index in [1.165, 1.54) is 12.1 Å². The number of rotatable bonds is 1. The van der Waals surface area contributed by atoms with E-state index in [2.05, 4.69) is 0 Å². The van der Waals surface area contributed by atoms with Gasteiger partial charge < -0.3 is 19.1 Å². The smallest absolute Gasteiger partial charge is 0.352 e. The van der Waals surface area contributed by atoms with Crippen LogP contribution in [0.5, 0.6) is 5.75 Å². The number of thioether (sulfide) groups is 1. The number of nitrogens with zero attached hydrogens (tertiary/aromatic N) is 4. The first kappa shape index (κ1) is 31.4. The number of carbonyl (C=O) groups is 1. The van der Waals surface area contributed by atoms with Crippen LogP contribution in [0.2, 0.25) is 5.02 Å². The summed E-state index contributed by atoms with van der Waals surface area (Å²) in [5, 5.41) is 19.2. The number of halogens is 2. The lowest BCUT2D eigenvalue weighted by molar-refractivity contribution is 0.0411. The molecular formula is C36H32ClFN4O4S2. The fourth-order valence-electron chi connectivity index (χ4n) is 7.23. The number of aryl methyl sites for hydroxylation is 5. The molecule has 8 nitrogen and oxygen atoms in total. The summed E-state index contributed by atoms with van der Waals surface area (Å²) in [4.78, 5) is 19.7. The van der Waals surface area contributed by atoms with Gasteiger partial charge in [-0.05, 0) is 80.5 Å². The van der Waals surface area contributed by atoms with Crippen molar-refractivity contribution >= 4 is 62.3 Å². The molecule has 0 spiro atoms. The van der Waals surface area contributed by atoms with Crippen LogP contribution in [-0.2, 0) is 37.1 Å². The Kier molecular flexibility index (Phi) is 7.98. The van der Waals surface area contributed by atoms with E-state index in [-0.39, 0.29) is 17.6 Å². The molecule has 0 amide bonds. The fraction of sp³-hybridized carbons (Fsp3) is 0.306. The first-order valence-corrected chi connectivity index (χ1v) is 18.0. The van der Waals surface area contributed by atoms with Gasteiger partial charge in [0.1, 0.15) is 28.4 Å². The number of ether oxygens (including phenoxy) is 2. The van der Waals surface area contributed by atoms with E-state index in [0.29, 0.717) is 49.1 Å². The average molecular weight is 703 g/mol. The highest BCUT2D eigenvalue weighted by molar-refractivity contribution is 7.98. The third-order valence-electron chi connectivity index (χ3n) is 9.33. The van der Waals surface area contributed by atoms with Gasteiger partial charge in [0.05, 0.1) is 40.8 Å². The Labute approximate surface area is 289 Å². The van der Waals surface area contributed by atoms with Crippen LogP contribution in [0.15, 0.2) is 47.4 Å².